The number of hydrogen-bond acceptors (Lipinski definition) is 2. The summed E-state index contributed by atoms with van der Waals surface area (Å²) in [6.07, 6.45) is 16.1. The van der Waals surface area contributed by atoms with Crippen LogP contribution in [0.25, 0.3) is 0 Å². The van der Waals surface area contributed by atoms with Crippen LogP contribution in [0.2, 0.25) is 0 Å². The molecular formula is C18H30O2. The smallest absolute Gasteiger partial charge is 0.0970 e. The van der Waals surface area contributed by atoms with Crippen molar-refractivity contribution in [1.29, 1.82) is 0 Å². The fourth-order valence-electron chi connectivity index (χ4n) is 3.12. The monoisotopic (exact) mass is 278 g/mol. The van der Waals surface area contributed by atoms with Crippen LogP contribution in [-0.4, -0.2) is 21.4 Å². The molecule has 0 radical (unpaired) electrons. The van der Waals surface area contributed by atoms with E-state index in [1.807, 2.05) is 6.08 Å². The molecule has 2 nitrogen and oxygen atoms in total. The normalized spacial score (nSPS) is 30.5. The molecule has 0 aromatic rings. The molecule has 0 spiro atoms. The van der Waals surface area contributed by atoms with E-state index < -0.39 is 11.2 Å². The first kappa shape index (κ1) is 17.2. The van der Waals surface area contributed by atoms with Crippen molar-refractivity contribution in [3.05, 3.63) is 37.5 Å². The molecule has 1 rings (SSSR count). The second kappa shape index (κ2) is 8.43. The van der Waals surface area contributed by atoms with Gasteiger partial charge in [-0.05, 0) is 51.4 Å². The largest absolute Gasteiger partial charge is 0.387 e. The Bertz CT molecular complexity index is 334. The van der Waals surface area contributed by atoms with Gasteiger partial charge in [-0.25, -0.2) is 0 Å². The van der Waals surface area contributed by atoms with Gasteiger partial charge in [0.1, 0.15) is 0 Å². The average molecular weight is 278 g/mol. The molecule has 0 heterocycles. The molecular weight excluding hydrogens is 248 g/mol. The van der Waals surface area contributed by atoms with Gasteiger partial charge in [0.05, 0.1) is 11.2 Å². The lowest BCUT2D eigenvalue weighted by atomic mass is 9.71. The highest BCUT2D eigenvalue weighted by molar-refractivity contribution is 5.06. The summed E-state index contributed by atoms with van der Waals surface area (Å²) < 4.78 is 0. The van der Waals surface area contributed by atoms with E-state index in [0.717, 1.165) is 38.5 Å². The van der Waals surface area contributed by atoms with Crippen LogP contribution in [0.5, 0.6) is 0 Å². The van der Waals surface area contributed by atoms with E-state index in [9.17, 15) is 10.2 Å². The minimum absolute atomic E-state index is 0.462. The van der Waals surface area contributed by atoms with Gasteiger partial charge in [-0.1, -0.05) is 37.1 Å². The van der Waals surface area contributed by atoms with Crippen LogP contribution in [-0.2, 0) is 0 Å². The Morgan fingerprint density at radius 2 is 1.55 bits per heavy atom. The highest BCUT2D eigenvalue weighted by Gasteiger charge is 2.46. The SMILES string of the molecule is C=CCCCCC[C@@]1(O)CCC=CCC[C@]1(O)CC=C. The van der Waals surface area contributed by atoms with E-state index in [-0.39, 0.29) is 0 Å². The third kappa shape index (κ3) is 4.60. The molecule has 114 valence electrons. The van der Waals surface area contributed by atoms with Crippen molar-refractivity contribution < 1.29 is 10.2 Å². The van der Waals surface area contributed by atoms with Crippen molar-refractivity contribution in [1.82, 2.24) is 0 Å². The van der Waals surface area contributed by atoms with Crippen LogP contribution >= 0.6 is 0 Å². The zero-order valence-corrected chi connectivity index (χ0v) is 12.7. The predicted octanol–water partition coefficient (Wildman–Crippen LogP) is 4.29. The minimum Gasteiger partial charge on any atom is -0.387 e. The predicted molar refractivity (Wildman–Crippen MR) is 85.6 cm³/mol. The van der Waals surface area contributed by atoms with Crippen molar-refractivity contribution in [2.45, 2.75) is 75.4 Å². The molecule has 0 amide bonds. The zero-order chi connectivity index (χ0) is 14.9. The molecule has 0 unspecified atom stereocenters. The van der Waals surface area contributed by atoms with Crippen LogP contribution in [0.1, 0.15) is 64.2 Å². The van der Waals surface area contributed by atoms with E-state index >= 15 is 0 Å². The summed E-state index contributed by atoms with van der Waals surface area (Å²) in [7, 11) is 0. The molecule has 0 fully saturated rings. The first-order chi connectivity index (χ1) is 9.58. The van der Waals surface area contributed by atoms with Crippen molar-refractivity contribution >= 4 is 0 Å². The molecule has 0 aliphatic heterocycles. The van der Waals surface area contributed by atoms with Gasteiger partial charge < -0.3 is 10.2 Å². The summed E-state index contributed by atoms with van der Waals surface area (Å²) >= 11 is 0. The lowest BCUT2D eigenvalue weighted by molar-refractivity contribution is -0.163. The number of rotatable bonds is 8. The standard InChI is InChI=1S/C18H30O2/c1-3-5-6-7-10-15-18(20)16-12-9-8-11-14-17(18,19)13-4-2/h3-4,8-9,19-20H,1-2,5-7,10-16H2/t17-,18-/m1/s1. The third-order valence-corrected chi connectivity index (χ3v) is 4.46. The fourth-order valence-corrected chi connectivity index (χ4v) is 3.12. The van der Waals surface area contributed by atoms with Crippen molar-refractivity contribution in [2.24, 2.45) is 0 Å². The summed E-state index contributed by atoms with van der Waals surface area (Å²) in [5, 5.41) is 22.0. The number of allylic oxidation sites excluding steroid dienone is 3. The second-order valence-corrected chi connectivity index (χ2v) is 5.99. The van der Waals surface area contributed by atoms with Gasteiger partial charge in [-0.2, -0.15) is 0 Å². The summed E-state index contributed by atoms with van der Waals surface area (Å²) in [5.74, 6) is 0. The summed E-state index contributed by atoms with van der Waals surface area (Å²) in [4.78, 5) is 0. The van der Waals surface area contributed by atoms with Gasteiger partial charge in [0, 0.05) is 0 Å². The van der Waals surface area contributed by atoms with Gasteiger partial charge in [0.15, 0.2) is 0 Å². The Hall–Kier alpha value is -0.860. The molecule has 0 saturated heterocycles. The highest BCUT2D eigenvalue weighted by Crippen LogP contribution is 2.39. The van der Waals surface area contributed by atoms with Crippen LogP contribution in [0.4, 0.5) is 0 Å². The minimum atomic E-state index is -1.03. The molecule has 2 atom stereocenters. The van der Waals surface area contributed by atoms with E-state index in [1.165, 1.54) is 0 Å². The molecule has 0 aromatic carbocycles. The molecule has 1 aliphatic carbocycles. The molecule has 1 aliphatic rings. The van der Waals surface area contributed by atoms with E-state index in [0.29, 0.717) is 25.7 Å². The van der Waals surface area contributed by atoms with Crippen molar-refractivity contribution in [2.75, 3.05) is 0 Å². The number of hydrogen-bond donors (Lipinski definition) is 2. The molecule has 0 saturated carbocycles. The Kier molecular flexibility index (Phi) is 7.25. The topological polar surface area (TPSA) is 40.5 Å². The first-order valence-corrected chi connectivity index (χ1v) is 7.89. The van der Waals surface area contributed by atoms with Crippen LogP contribution < -0.4 is 0 Å². The third-order valence-electron chi connectivity index (χ3n) is 4.46. The summed E-state index contributed by atoms with van der Waals surface area (Å²) in [6.45, 7) is 7.46. The first-order valence-electron chi connectivity index (χ1n) is 7.89. The van der Waals surface area contributed by atoms with Gasteiger partial charge >= 0.3 is 0 Å². The summed E-state index contributed by atoms with van der Waals surface area (Å²) in [6, 6.07) is 0. The molecule has 0 aromatic heterocycles. The number of aliphatic hydroxyl groups is 2. The lowest BCUT2D eigenvalue weighted by Gasteiger charge is -2.44. The van der Waals surface area contributed by atoms with Crippen molar-refractivity contribution in [3.63, 3.8) is 0 Å². The van der Waals surface area contributed by atoms with Crippen LogP contribution in [0.15, 0.2) is 37.5 Å². The van der Waals surface area contributed by atoms with Gasteiger partial charge in [-0.15, -0.1) is 13.2 Å². The van der Waals surface area contributed by atoms with Gasteiger partial charge in [0.25, 0.3) is 0 Å². The Morgan fingerprint density at radius 1 is 0.900 bits per heavy atom. The van der Waals surface area contributed by atoms with E-state index in [1.54, 1.807) is 6.08 Å². The van der Waals surface area contributed by atoms with Crippen LogP contribution in [0, 0.1) is 0 Å². The maximum atomic E-state index is 11.0. The van der Waals surface area contributed by atoms with Gasteiger partial charge in [0.2, 0.25) is 0 Å². The van der Waals surface area contributed by atoms with Crippen molar-refractivity contribution in [3.8, 4) is 0 Å². The van der Waals surface area contributed by atoms with Crippen LogP contribution in [0.3, 0.4) is 0 Å². The van der Waals surface area contributed by atoms with E-state index in [2.05, 4.69) is 25.3 Å². The molecule has 2 heteroatoms. The second-order valence-electron chi connectivity index (χ2n) is 5.99. The van der Waals surface area contributed by atoms with Gasteiger partial charge in [-0.3, -0.25) is 0 Å². The summed E-state index contributed by atoms with van der Waals surface area (Å²) in [5.41, 5.74) is -2.02. The Labute approximate surface area is 123 Å². The quantitative estimate of drug-likeness (QED) is 0.513. The molecule has 20 heavy (non-hydrogen) atoms. The molecule has 2 N–H and O–H groups in total. The lowest BCUT2D eigenvalue weighted by Crippen LogP contribution is -2.54. The fraction of sp³-hybridized carbons (Fsp3) is 0.667. The maximum Gasteiger partial charge on any atom is 0.0970 e. The number of unbranched alkanes of at least 4 members (excludes halogenated alkanes) is 3. The zero-order valence-electron chi connectivity index (χ0n) is 12.7. The molecule has 0 bridgehead atoms. The van der Waals surface area contributed by atoms with E-state index in [4.69, 9.17) is 0 Å². The maximum absolute atomic E-state index is 11.0. The average Bonchev–Trinajstić information content (AvgIpc) is 2.41. The highest BCUT2D eigenvalue weighted by atomic mass is 16.4. The Balaban J connectivity index is 2.68. The Morgan fingerprint density at radius 3 is 2.15 bits per heavy atom.